The van der Waals surface area contributed by atoms with Crippen molar-refractivity contribution in [1.29, 1.82) is 0 Å². The molecule has 2 atom stereocenters. The van der Waals surface area contributed by atoms with E-state index in [1.165, 1.54) is 33.5 Å². The number of Topliss-reactive ketones (excluding diaryl/α,β-unsaturated/α-hetero) is 1. The van der Waals surface area contributed by atoms with Crippen molar-refractivity contribution in [2.75, 3.05) is 40.6 Å². The molecule has 12 rings (SSSR count). The molecule has 0 radical (unpaired) electrons. The first-order valence-electron chi connectivity index (χ1n) is 27.9. The lowest BCUT2D eigenvalue weighted by Crippen LogP contribution is -2.78. The molecule has 2 saturated heterocycles. The zero-order valence-corrected chi connectivity index (χ0v) is 31.8. The van der Waals surface area contributed by atoms with Crippen molar-refractivity contribution in [3.8, 4) is 0 Å². The topological polar surface area (TPSA) is 136 Å². The van der Waals surface area contributed by atoms with Crippen LogP contribution in [0.5, 0.6) is 0 Å². The van der Waals surface area contributed by atoms with Gasteiger partial charge in [-0.25, -0.2) is 9.59 Å². The zero-order chi connectivity index (χ0) is 55.5. The number of carbonyl (C=O) groups excluding carboxylic acids is 3. The molecule has 4 heterocycles. The van der Waals surface area contributed by atoms with E-state index in [0.29, 0.717) is 58.8 Å². The number of esters is 2. The van der Waals surface area contributed by atoms with Gasteiger partial charge in [0.1, 0.15) is 13.2 Å². The van der Waals surface area contributed by atoms with Crippen molar-refractivity contribution in [2.24, 2.45) is 16.6 Å². The number of ether oxygens (including phenoxy) is 4. The number of nitrogens with one attached hydrogen (secondary N) is 1. The Hall–Kier alpha value is -4.03. The Bertz CT molecular complexity index is 2140. The van der Waals surface area contributed by atoms with Crippen LogP contribution in [0.4, 0.5) is 0 Å². The van der Waals surface area contributed by atoms with E-state index in [0.717, 1.165) is 65.7 Å². The van der Waals surface area contributed by atoms with Crippen LogP contribution in [-0.4, -0.2) is 84.6 Å². The van der Waals surface area contributed by atoms with Crippen molar-refractivity contribution >= 4 is 39.5 Å². The average Bonchev–Trinajstić information content (AvgIpc) is 3.85. The molecule has 4 aromatic rings. The Morgan fingerprint density at radius 2 is 1.21 bits per heavy atom. The summed E-state index contributed by atoms with van der Waals surface area (Å²) < 4.78 is 115. The van der Waals surface area contributed by atoms with E-state index < -0.39 is 0 Å². The van der Waals surface area contributed by atoms with Gasteiger partial charge in [-0.2, -0.15) is 0 Å². The van der Waals surface area contributed by atoms with Crippen molar-refractivity contribution < 1.29 is 61.5 Å². The van der Waals surface area contributed by atoms with Gasteiger partial charge in [0.05, 0.1) is 44.6 Å². The van der Waals surface area contributed by atoms with Crippen LogP contribution in [0.2, 0.25) is 0 Å². The molecule has 2 aromatic heterocycles. The average molecular weight is 764 g/mol. The maximum atomic E-state index is 12.4. The van der Waals surface area contributed by atoms with Gasteiger partial charge in [-0.05, 0) is 89.2 Å². The molecular formula is C42H72N4O7. The summed E-state index contributed by atoms with van der Waals surface area (Å²) in [5.74, 6) is -0.289. The van der Waals surface area contributed by atoms with Gasteiger partial charge in [0.25, 0.3) is 0 Å². The summed E-state index contributed by atoms with van der Waals surface area (Å²) in [4.78, 5) is 34.4. The lowest BCUT2D eigenvalue weighted by atomic mass is 9.37. The Morgan fingerprint density at radius 1 is 0.792 bits per heavy atom. The quantitative estimate of drug-likeness (QED) is 0.170. The first-order chi connectivity index (χ1) is 34.3. The second kappa shape index (κ2) is 12.8. The van der Waals surface area contributed by atoms with E-state index in [4.69, 9.17) is 46.7 Å². The molecular weight excluding hydrogens is 672 g/mol. The fraction of sp³-hybridized carbons (Fsp3) is 0.548. The maximum Gasteiger partial charge on any atom is 0.340 e. The number of aromatic nitrogens is 2. The number of ketones is 1. The Kier molecular flexibility index (Phi) is 6.44. The third-order valence-electron chi connectivity index (χ3n) is 13.5. The molecule has 0 unspecified atom stereocenters. The minimum absolute atomic E-state index is 0. The summed E-state index contributed by atoms with van der Waals surface area (Å²) in [7, 11) is 2.90. The number of benzene rings is 2. The van der Waals surface area contributed by atoms with Gasteiger partial charge in [-0.1, -0.05) is 36.4 Å². The number of fused-ring (bicyclic) bond motifs is 2. The normalized spacial score (nSPS) is 31.3. The number of rotatable bonds is 8. The molecule has 2 aliphatic heterocycles. The van der Waals surface area contributed by atoms with Gasteiger partial charge in [0.2, 0.25) is 0 Å². The van der Waals surface area contributed by atoms with Crippen LogP contribution in [0.25, 0.3) is 21.8 Å². The predicted octanol–water partition coefficient (Wildman–Crippen LogP) is 8.43. The van der Waals surface area contributed by atoms with Crippen molar-refractivity contribution in [2.45, 2.75) is 95.4 Å². The van der Waals surface area contributed by atoms with E-state index >= 15 is 0 Å². The molecule has 53 heavy (non-hydrogen) atoms. The number of nitrogens with two attached hydrogens (primary N) is 1. The second-order valence-electron chi connectivity index (χ2n) is 16.9. The highest BCUT2D eigenvalue weighted by Crippen LogP contribution is 2.72. The van der Waals surface area contributed by atoms with Crippen LogP contribution in [0.1, 0.15) is 125 Å². The van der Waals surface area contributed by atoms with Gasteiger partial charge in [-0.3, -0.25) is 4.79 Å². The highest BCUT2D eigenvalue weighted by Gasteiger charge is 2.70. The summed E-state index contributed by atoms with van der Waals surface area (Å²) in [6.07, 6.45) is 6.95. The molecule has 8 aliphatic rings. The van der Waals surface area contributed by atoms with E-state index in [1.54, 1.807) is 0 Å². The number of nitrogens with zero attached hydrogens (tertiary/aromatic N) is 2. The van der Waals surface area contributed by atoms with E-state index in [-0.39, 0.29) is 24.7 Å². The molecule has 2 aromatic carbocycles. The molecule has 302 valence electrons. The minimum Gasteiger partial charge on any atom is -0.465 e. The summed E-state index contributed by atoms with van der Waals surface area (Å²) in [5, 5.41) is 5.78. The van der Waals surface area contributed by atoms with Crippen molar-refractivity contribution in [3.05, 3.63) is 71.0 Å². The smallest absolute Gasteiger partial charge is 0.340 e. The molecule has 0 amide bonds. The van der Waals surface area contributed by atoms with Crippen LogP contribution in [0.3, 0.4) is 0 Å². The third-order valence-corrected chi connectivity index (χ3v) is 13.5. The minimum atomic E-state index is -0.257. The number of methoxy groups -OCH3 is 2. The standard InChI is InChI=1S/C21H26N2O3.C18H22N2O2.C3H4O2.10H2/c1-13-18(19(24)25-3)16-6-4-5-7-17(16)23(13)14(2)20-10-21(11-20,12-20)22-15-8-26-9-15;1-11-15(16(21)22-3)13-6-4-5-7-14(13)20(11)12(2)17-8-18(19,9-17)10-17;4-3-1-5-2-3;;;;;;;;;;/h4-7,14-15,22H,8-12H2,1-3H3;4-7,12H,8-10,19H2,1-3H3;1-2H2;10*1H/t14-,20?,21?;12-,17?,18?;;;;;;;;;;;/m11.........../s1/i;;;9*1+1D;1+1. The fourth-order valence-electron chi connectivity index (χ4n) is 10.8. The van der Waals surface area contributed by atoms with E-state index in [1.807, 2.05) is 50.2 Å². The van der Waals surface area contributed by atoms with Crippen LogP contribution >= 0.6 is 0 Å². The van der Waals surface area contributed by atoms with E-state index in [2.05, 4.69) is 45.2 Å². The highest BCUT2D eigenvalue weighted by molar-refractivity contribution is 6.06. The van der Waals surface area contributed by atoms with Gasteiger partial charge >= 0.3 is 11.9 Å². The monoisotopic (exact) mass is 764 g/mol. The molecule has 3 N–H and O–H groups in total. The lowest BCUT2D eigenvalue weighted by molar-refractivity contribution is -0.197. The molecule has 8 fully saturated rings. The largest absolute Gasteiger partial charge is 0.465 e. The summed E-state index contributed by atoms with van der Waals surface area (Å²) in [5.41, 5.74) is 13.0. The fourth-order valence-corrected chi connectivity index (χ4v) is 10.8. The summed E-state index contributed by atoms with van der Waals surface area (Å²) in [6.45, 7) is 11.1. The SMILES string of the molecule is COC(=O)c1c(C)n([C@H](C)C23CC(N)(C2)C3)c2ccccc12.COC(=O)c1c(C)n([C@H](C)C23CC(NC4COC4)(C2)C3)c2ccccc12.O=C1COC1.[2HH].[2H][2H].[2H][2H].[2H][2H].[2H][2H].[2H][2H].[2H][2H].[2H][2H].[2H][2H].[2H][2H]. The first-order valence-corrected chi connectivity index (χ1v) is 18.9. The Balaban J connectivity index is -0.000000935. The maximum absolute atomic E-state index is 12.4. The molecule has 4 bridgehead atoms. The van der Waals surface area contributed by atoms with E-state index in [9.17, 15) is 14.4 Å². The number of carbonyl (C=O) groups is 3. The highest BCUT2D eigenvalue weighted by atomic mass is 16.5. The lowest BCUT2D eigenvalue weighted by Gasteiger charge is -2.74. The van der Waals surface area contributed by atoms with Gasteiger partial charge in [0.15, 0.2) is 5.78 Å². The van der Waals surface area contributed by atoms with Gasteiger partial charge in [-0.15, -0.1) is 0 Å². The third kappa shape index (κ3) is 5.56. The molecule has 6 aliphatic carbocycles. The predicted molar refractivity (Wildman–Crippen MR) is 222 cm³/mol. The summed E-state index contributed by atoms with van der Waals surface area (Å²) in [6, 6.07) is 17.5. The number of hydrogen-bond donors (Lipinski definition) is 2. The molecule has 0 spiro atoms. The van der Waals surface area contributed by atoms with Crippen molar-refractivity contribution in [3.63, 3.8) is 0 Å². The first kappa shape index (κ1) is 26.7. The molecule has 11 nitrogen and oxygen atoms in total. The van der Waals surface area contributed by atoms with Crippen LogP contribution in [0, 0.1) is 24.7 Å². The van der Waals surface area contributed by atoms with Crippen LogP contribution in [-0.2, 0) is 23.7 Å². The van der Waals surface area contributed by atoms with Crippen molar-refractivity contribution in [1.82, 2.24) is 14.5 Å². The summed E-state index contributed by atoms with van der Waals surface area (Å²) >= 11 is 0. The van der Waals surface area contributed by atoms with Gasteiger partial charge in [0, 0.05) is 84.5 Å². The van der Waals surface area contributed by atoms with Crippen LogP contribution < -0.4 is 11.1 Å². The number of para-hydroxylation sites is 2. The zero-order valence-electron chi connectivity index (χ0n) is 49.8. The van der Waals surface area contributed by atoms with Crippen LogP contribution in [0.15, 0.2) is 48.5 Å². The second-order valence-corrected chi connectivity index (χ2v) is 16.9. The molecule has 6 saturated carbocycles. The number of hydrogen-bond acceptors (Lipinski definition) is 9. The molecule has 11 heteroatoms. The van der Waals surface area contributed by atoms with Gasteiger partial charge < -0.3 is 39.1 Å². The Morgan fingerprint density at radius 3 is 1.55 bits per heavy atom. The Labute approximate surface area is 339 Å².